The van der Waals surface area contributed by atoms with Crippen LogP contribution in [0, 0.1) is 0 Å². The first kappa shape index (κ1) is 15.3. The summed E-state index contributed by atoms with van der Waals surface area (Å²) >= 11 is 0. The number of hydrogen-bond donors (Lipinski definition) is 0. The van der Waals surface area contributed by atoms with Gasteiger partial charge < -0.3 is 13.3 Å². The first-order chi connectivity index (χ1) is 10.8. The fraction of sp³-hybridized carbons (Fsp3) is 0.176. The Morgan fingerprint density at radius 2 is 1.78 bits per heavy atom. The first-order valence-corrected chi connectivity index (χ1v) is 10.6. The predicted octanol–water partition coefficient (Wildman–Crippen LogP) is 4.04. The Morgan fingerprint density at radius 1 is 1.04 bits per heavy atom. The Bertz CT molecular complexity index is 930. The molecule has 2 aromatic heterocycles. The molecule has 0 saturated carbocycles. The zero-order valence-corrected chi connectivity index (χ0v) is 14.1. The average Bonchev–Trinajstić information content (AvgIpc) is 2.94. The smallest absolute Gasteiger partial charge is 0.360 e. The Labute approximate surface area is 133 Å². The molecule has 0 unspecified atom stereocenters. The average molecular weight is 328 g/mol. The fourth-order valence-corrected chi connectivity index (χ4v) is 2.81. The van der Waals surface area contributed by atoms with E-state index in [9.17, 15) is 9.59 Å². The van der Waals surface area contributed by atoms with Crippen LogP contribution in [0.2, 0.25) is 19.6 Å². The molecular formula is C17H16O5Si. The molecule has 0 spiro atoms. The molecule has 0 saturated heterocycles. The van der Waals surface area contributed by atoms with Crippen molar-refractivity contribution < 1.29 is 18.1 Å². The summed E-state index contributed by atoms with van der Waals surface area (Å²) in [6.45, 7) is 5.73. The van der Waals surface area contributed by atoms with Crippen LogP contribution in [0.1, 0.15) is 10.6 Å². The van der Waals surface area contributed by atoms with Gasteiger partial charge in [-0.05, 0) is 43.9 Å². The summed E-state index contributed by atoms with van der Waals surface area (Å²) < 4.78 is 16.1. The van der Waals surface area contributed by atoms with Crippen molar-refractivity contribution in [3.63, 3.8) is 0 Å². The maximum atomic E-state index is 12.1. The van der Waals surface area contributed by atoms with Gasteiger partial charge in [-0.15, -0.1) is 0 Å². The Hall–Kier alpha value is -2.60. The first-order valence-electron chi connectivity index (χ1n) is 7.20. The van der Waals surface area contributed by atoms with Gasteiger partial charge in [0, 0.05) is 5.39 Å². The number of carbonyl (C=O) groups is 1. The minimum atomic E-state index is -2.01. The van der Waals surface area contributed by atoms with Gasteiger partial charge in [0.25, 0.3) is 0 Å². The zero-order valence-electron chi connectivity index (χ0n) is 13.1. The van der Waals surface area contributed by atoms with Crippen molar-refractivity contribution in [2.45, 2.75) is 19.6 Å². The van der Waals surface area contributed by atoms with Crippen LogP contribution in [-0.2, 0) is 4.43 Å². The number of hydrogen-bond acceptors (Lipinski definition) is 5. The molecule has 0 fully saturated rings. The molecule has 0 amide bonds. The van der Waals surface area contributed by atoms with Gasteiger partial charge in [-0.2, -0.15) is 0 Å². The summed E-state index contributed by atoms with van der Waals surface area (Å²) in [5.74, 6) is -0.150. The molecule has 3 rings (SSSR count). The zero-order chi connectivity index (χ0) is 16.6. The van der Waals surface area contributed by atoms with E-state index in [0.717, 1.165) is 5.39 Å². The van der Waals surface area contributed by atoms with Gasteiger partial charge in [0.05, 0.1) is 0 Å². The van der Waals surface area contributed by atoms with Crippen LogP contribution in [0.4, 0.5) is 0 Å². The van der Waals surface area contributed by atoms with Crippen molar-refractivity contribution in [2.24, 2.45) is 0 Å². The highest BCUT2D eigenvalue weighted by molar-refractivity contribution is 6.71. The minimum absolute atomic E-state index is 0.0787. The standard InChI is InChI=1S/C17H16O5Si/c1-23(2,3)22-17(19)15-9-8-14(20-15)12-10-11-6-4-5-7-13(11)21-16(12)18/h4-10H,1-3H3. The van der Waals surface area contributed by atoms with E-state index in [-0.39, 0.29) is 17.1 Å². The SMILES string of the molecule is C[Si](C)(C)OC(=O)c1ccc(-c2cc3ccccc3oc2=O)o1. The molecule has 0 N–H and O–H groups in total. The van der Waals surface area contributed by atoms with Crippen LogP contribution in [0.15, 0.2) is 56.1 Å². The van der Waals surface area contributed by atoms with Crippen LogP contribution in [-0.4, -0.2) is 14.3 Å². The number of para-hydroxylation sites is 1. The maximum Gasteiger partial charge on any atom is 0.360 e. The van der Waals surface area contributed by atoms with Crippen molar-refractivity contribution in [2.75, 3.05) is 0 Å². The van der Waals surface area contributed by atoms with E-state index in [1.165, 1.54) is 6.07 Å². The number of carbonyl (C=O) groups excluding carboxylic acids is 1. The predicted molar refractivity (Wildman–Crippen MR) is 88.9 cm³/mol. The van der Waals surface area contributed by atoms with Gasteiger partial charge in [0.2, 0.25) is 14.1 Å². The van der Waals surface area contributed by atoms with Gasteiger partial charge in [0.1, 0.15) is 16.9 Å². The van der Waals surface area contributed by atoms with Crippen molar-refractivity contribution in [3.05, 3.63) is 58.6 Å². The quantitative estimate of drug-likeness (QED) is 0.536. The van der Waals surface area contributed by atoms with Gasteiger partial charge in [-0.1, -0.05) is 18.2 Å². The highest BCUT2D eigenvalue weighted by atomic mass is 28.4. The van der Waals surface area contributed by atoms with Crippen LogP contribution < -0.4 is 5.63 Å². The summed E-state index contributed by atoms with van der Waals surface area (Å²) in [5, 5.41) is 0.782. The Morgan fingerprint density at radius 3 is 2.52 bits per heavy atom. The van der Waals surface area contributed by atoms with E-state index < -0.39 is 19.9 Å². The molecular weight excluding hydrogens is 312 g/mol. The van der Waals surface area contributed by atoms with Gasteiger partial charge in [0.15, 0.2) is 0 Å². The molecule has 0 atom stereocenters. The second kappa shape index (κ2) is 5.55. The fourth-order valence-electron chi connectivity index (χ4n) is 2.15. The molecule has 0 aliphatic rings. The normalized spacial score (nSPS) is 11.6. The van der Waals surface area contributed by atoms with E-state index >= 15 is 0 Å². The number of furan rings is 1. The summed E-state index contributed by atoms with van der Waals surface area (Å²) in [7, 11) is -2.01. The number of rotatable bonds is 3. The largest absolute Gasteiger partial charge is 0.514 e. The topological polar surface area (TPSA) is 69.7 Å². The lowest BCUT2D eigenvalue weighted by Gasteiger charge is -2.15. The number of fused-ring (bicyclic) bond motifs is 1. The minimum Gasteiger partial charge on any atom is -0.514 e. The molecule has 0 bridgehead atoms. The van der Waals surface area contributed by atoms with Crippen molar-refractivity contribution in [3.8, 4) is 11.3 Å². The highest BCUT2D eigenvalue weighted by Gasteiger charge is 2.23. The molecule has 0 aliphatic carbocycles. The molecule has 1 aromatic carbocycles. The van der Waals surface area contributed by atoms with Crippen molar-refractivity contribution in [1.82, 2.24) is 0 Å². The summed E-state index contributed by atoms with van der Waals surface area (Å²) in [6, 6.07) is 12.0. The van der Waals surface area contributed by atoms with E-state index in [2.05, 4.69) is 0 Å². The number of benzene rings is 1. The third kappa shape index (κ3) is 3.27. The summed E-state index contributed by atoms with van der Waals surface area (Å²) in [6.07, 6.45) is 0. The van der Waals surface area contributed by atoms with Crippen molar-refractivity contribution >= 4 is 25.3 Å². The maximum absolute atomic E-state index is 12.1. The summed E-state index contributed by atoms with van der Waals surface area (Å²) in [4.78, 5) is 24.1. The second-order valence-electron chi connectivity index (χ2n) is 6.15. The van der Waals surface area contributed by atoms with E-state index in [4.69, 9.17) is 13.3 Å². The molecule has 118 valence electrons. The van der Waals surface area contributed by atoms with Crippen LogP contribution in [0.5, 0.6) is 0 Å². The highest BCUT2D eigenvalue weighted by Crippen LogP contribution is 2.24. The van der Waals surface area contributed by atoms with Gasteiger partial charge >= 0.3 is 11.6 Å². The molecule has 6 heteroatoms. The Kier molecular flexibility index (Phi) is 3.69. The van der Waals surface area contributed by atoms with Gasteiger partial charge in [-0.25, -0.2) is 9.59 Å². The van der Waals surface area contributed by atoms with Crippen LogP contribution in [0.25, 0.3) is 22.3 Å². The van der Waals surface area contributed by atoms with E-state index in [1.807, 2.05) is 31.8 Å². The third-order valence-electron chi connectivity index (χ3n) is 3.11. The monoisotopic (exact) mass is 328 g/mol. The molecule has 0 aliphatic heterocycles. The lowest BCUT2D eigenvalue weighted by Crippen LogP contribution is -2.28. The molecule has 3 aromatic rings. The lowest BCUT2D eigenvalue weighted by atomic mass is 10.1. The molecule has 2 heterocycles. The van der Waals surface area contributed by atoms with Gasteiger partial charge in [-0.3, -0.25) is 0 Å². The third-order valence-corrected chi connectivity index (χ3v) is 3.91. The molecule has 5 nitrogen and oxygen atoms in total. The van der Waals surface area contributed by atoms with Crippen LogP contribution >= 0.6 is 0 Å². The molecule has 23 heavy (non-hydrogen) atoms. The summed E-state index contributed by atoms with van der Waals surface area (Å²) in [5.41, 5.74) is 0.269. The van der Waals surface area contributed by atoms with Crippen LogP contribution in [0.3, 0.4) is 0 Å². The van der Waals surface area contributed by atoms with E-state index in [0.29, 0.717) is 5.58 Å². The molecule has 0 radical (unpaired) electrons. The second-order valence-corrected chi connectivity index (χ2v) is 10.6. The van der Waals surface area contributed by atoms with E-state index in [1.54, 1.807) is 24.3 Å². The Balaban J connectivity index is 1.99. The lowest BCUT2D eigenvalue weighted by molar-refractivity contribution is 0.0692. The van der Waals surface area contributed by atoms with Crippen molar-refractivity contribution in [1.29, 1.82) is 0 Å².